The van der Waals surface area contributed by atoms with Crippen molar-refractivity contribution in [3.05, 3.63) is 0 Å². The quantitative estimate of drug-likeness (QED) is 0.479. The molecule has 0 saturated carbocycles. The van der Waals surface area contributed by atoms with Crippen molar-refractivity contribution in [3.8, 4) is 0 Å². The van der Waals surface area contributed by atoms with Crippen molar-refractivity contribution in [3.63, 3.8) is 0 Å². The maximum absolute atomic E-state index is 2.36. The van der Waals surface area contributed by atoms with E-state index < -0.39 is 0 Å². The van der Waals surface area contributed by atoms with Gasteiger partial charge in [-0.1, -0.05) is 137 Å². The van der Waals surface area contributed by atoms with Gasteiger partial charge in [0, 0.05) is 0 Å². The van der Waals surface area contributed by atoms with Crippen molar-refractivity contribution < 1.29 is 0 Å². The third-order valence-electron chi connectivity index (χ3n) is 2.50. The molecule has 1 atom stereocenters. The maximum atomic E-state index is 2.36. The molecule has 0 heteroatoms. The van der Waals surface area contributed by atoms with Gasteiger partial charge in [-0.2, -0.15) is 0 Å². The molecular weight excluding hydrogens is 276 g/mol. The molecule has 23 heavy (non-hydrogen) atoms. The highest BCUT2D eigenvalue weighted by Crippen LogP contribution is 2.21. The first-order chi connectivity index (χ1) is 11.0. The molecule has 0 amide bonds. The summed E-state index contributed by atoms with van der Waals surface area (Å²) < 4.78 is 0. The highest BCUT2D eigenvalue weighted by atomic mass is 14.2. The molecule has 0 aliphatic rings. The molecule has 0 nitrogen and oxygen atoms in total. The second kappa shape index (κ2) is 67.4. The van der Waals surface area contributed by atoms with E-state index in [0.29, 0.717) is 0 Å². The van der Waals surface area contributed by atoms with Gasteiger partial charge >= 0.3 is 0 Å². The van der Waals surface area contributed by atoms with Gasteiger partial charge in [-0.05, 0) is 17.8 Å². The third-order valence-corrected chi connectivity index (χ3v) is 2.50. The topological polar surface area (TPSA) is 0 Å². The van der Waals surface area contributed by atoms with Gasteiger partial charge in [0.05, 0.1) is 0 Å². The minimum atomic E-state index is 0.833. The first-order valence-electron chi connectivity index (χ1n) is 11.0. The lowest BCUT2D eigenvalue weighted by atomic mass is 9.88. The average Bonchev–Trinajstić information content (AvgIpc) is 2.64. The fourth-order valence-electron chi connectivity index (χ4n) is 1.43. The molecule has 0 N–H and O–H groups in total. The molecule has 0 rings (SSSR count). The van der Waals surface area contributed by atoms with Crippen LogP contribution in [0.2, 0.25) is 0 Å². The molecule has 0 aromatic carbocycles. The predicted octanol–water partition coefficient (Wildman–Crippen LogP) is 10.3. The second-order valence-electron chi connectivity index (χ2n) is 4.69. The van der Waals surface area contributed by atoms with Crippen molar-refractivity contribution in [2.24, 2.45) is 17.8 Å². The highest BCUT2D eigenvalue weighted by Gasteiger charge is 2.09. The molecule has 0 fully saturated rings. The van der Waals surface area contributed by atoms with E-state index in [4.69, 9.17) is 0 Å². The van der Waals surface area contributed by atoms with Gasteiger partial charge in [0.1, 0.15) is 0 Å². The molecular formula is C23H60. The second-order valence-corrected chi connectivity index (χ2v) is 4.69. The van der Waals surface area contributed by atoms with Gasteiger partial charge < -0.3 is 0 Å². The Labute approximate surface area is 155 Å². The van der Waals surface area contributed by atoms with Crippen molar-refractivity contribution in [1.29, 1.82) is 0 Å². The molecule has 0 saturated heterocycles. The van der Waals surface area contributed by atoms with Crippen LogP contribution in [0, 0.1) is 17.8 Å². The summed E-state index contributed by atoms with van der Waals surface area (Å²) >= 11 is 0. The standard InChI is InChI=1S/C9H20.C4H10.5C2H6/c1-5-8(4)9(6-2)7-3;1-4(2)3;5*1-2/h8-9H,5-7H2,1-4H3;4H,1-3H3;5*1-2H3. The smallest absolute Gasteiger partial charge is 0.0394 e. The van der Waals surface area contributed by atoms with Crippen molar-refractivity contribution in [2.75, 3.05) is 0 Å². The van der Waals surface area contributed by atoms with Gasteiger partial charge in [0.2, 0.25) is 0 Å². The Morgan fingerprint density at radius 2 is 0.609 bits per heavy atom. The van der Waals surface area contributed by atoms with E-state index in [2.05, 4.69) is 48.5 Å². The normalized spacial score (nSPS) is 8.48. The first kappa shape index (κ1) is 43.5. The van der Waals surface area contributed by atoms with Crippen LogP contribution in [-0.4, -0.2) is 0 Å². The summed E-state index contributed by atoms with van der Waals surface area (Å²) in [7, 11) is 0. The fourth-order valence-corrected chi connectivity index (χ4v) is 1.43. The van der Waals surface area contributed by atoms with Crippen molar-refractivity contribution >= 4 is 0 Å². The summed E-state index contributed by atoms with van der Waals surface area (Å²) in [5, 5.41) is 0. The summed E-state index contributed by atoms with van der Waals surface area (Å²) in [5.41, 5.74) is 0. The van der Waals surface area contributed by atoms with E-state index in [1.54, 1.807) is 0 Å². The summed E-state index contributed by atoms with van der Waals surface area (Å²) in [6.45, 7) is 35.7. The largest absolute Gasteiger partial charge is 0.0683 e. The molecule has 1 unspecified atom stereocenters. The van der Waals surface area contributed by atoms with Gasteiger partial charge in [0.25, 0.3) is 0 Å². The zero-order chi connectivity index (χ0) is 20.9. The minimum absolute atomic E-state index is 0.833. The Morgan fingerprint density at radius 3 is 0.652 bits per heavy atom. The van der Waals surface area contributed by atoms with Crippen LogP contribution in [-0.2, 0) is 0 Å². The molecule has 0 spiro atoms. The highest BCUT2D eigenvalue weighted by molar-refractivity contribution is 4.60. The third kappa shape index (κ3) is 88.0. The lowest BCUT2D eigenvalue weighted by Crippen LogP contribution is -2.07. The van der Waals surface area contributed by atoms with Gasteiger partial charge in [0.15, 0.2) is 0 Å². The lowest BCUT2D eigenvalue weighted by Gasteiger charge is -2.18. The molecule has 0 aromatic heterocycles. The van der Waals surface area contributed by atoms with E-state index in [1.165, 1.54) is 19.3 Å². The van der Waals surface area contributed by atoms with Crippen LogP contribution in [0.15, 0.2) is 0 Å². The zero-order valence-corrected chi connectivity index (χ0v) is 20.9. The summed E-state index contributed by atoms with van der Waals surface area (Å²) in [5.74, 6) is 2.73. The van der Waals surface area contributed by atoms with Crippen LogP contribution in [0.5, 0.6) is 0 Å². The molecule has 0 aromatic rings. The van der Waals surface area contributed by atoms with E-state index in [0.717, 1.165) is 17.8 Å². The Kier molecular flexibility index (Phi) is 127. The lowest BCUT2D eigenvalue weighted by molar-refractivity contribution is 0.328. The van der Waals surface area contributed by atoms with Crippen LogP contribution >= 0.6 is 0 Å². The van der Waals surface area contributed by atoms with Gasteiger partial charge in [-0.3, -0.25) is 0 Å². The molecule has 0 heterocycles. The van der Waals surface area contributed by atoms with E-state index in [1.807, 2.05) is 69.2 Å². The zero-order valence-electron chi connectivity index (χ0n) is 20.9. The van der Waals surface area contributed by atoms with E-state index in [9.17, 15) is 0 Å². The number of hydrogen-bond donors (Lipinski definition) is 0. The van der Waals surface area contributed by atoms with Crippen LogP contribution in [0.1, 0.15) is 137 Å². The molecule has 0 aliphatic heterocycles. The Bertz CT molecular complexity index is 77.3. The molecule has 152 valence electrons. The fraction of sp³-hybridized carbons (Fsp3) is 1.00. The number of rotatable bonds is 4. The van der Waals surface area contributed by atoms with Crippen LogP contribution < -0.4 is 0 Å². The van der Waals surface area contributed by atoms with Crippen LogP contribution in [0.3, 0.4) is 0 Å². The summed E-state index contributed by atoms with van der Waals surface area (Å²) in [6, 6.07) is 0. The maximum Gasteiger partial charge on any atom is -0.0394 e. The molecule has 0 aliphatic carbocycles. The summed E-state index contributed by atoms with van der Waals surface area (Å²) in [6.07, 6.45) is 4.04. The van der Waals surface area contributed by atoms with Crippen LogP contribution in [0.4, 0.5) is 0 Å². The van der Waals surface area contributed by atoms with Crippen molar-refractivity contribution in [2.45, 2.75) is 137 Å². The molecule has 0 bridgehead atoms. The number of hydrogen-bond acceptors (Lipinski definition) is 0. The predicted molar refractivity (Wildman–Crippen MR) is 121 cm³/mol. The Morgan fingerprint density at radius 1 is 0.435 bits per heavy atom. The Balaban J connectivity index is -0.0000000310. The average molecular weight is 337 g/mol. The first-order valence-corrected chi connectivity index (χ1v) is 11.0. The minimum Gasteiger partial charge on any atom is -0.0683 e. The monoisotopic (exact) mass is 336 g/mol. The molecule has 0 radical (unpaired) electrons. The van der Waals surface area contributed by atoms with Crippen molar-refractivity contribution in [1.82, 2.24) is 0 Å². The van der Waals surface area contributed by atoms with Crippen LogP contribution in [0.25, 0.3) is 0 Å². The SMILES string of the molecule is CC.CC.CC.CC.CC.CC(C)C.CCC(C)C(CC)CC. The van der Waals surface area contributed by atoms with E-state index in [-0.39, 0.29) is 0 Å². The Hall–Kier alpha value is 0. The van der Waals surface area contributed by atoms with Gasteiger partial charge in [-0.15, -0.1) is 0 Å². The van der Waals surface area contributed by atoms with E-state index >= 15 is 0 Å². The van der Waals surface area contributed by atoms with Gasteiger partial charge in [-0.25, -0.2) is 0 Å². The summed E-state index contributed by atoms with van der Waals surface area (Å²) in [4.78, 5) is 0.